The van der Waals surface area contributed by atoms with Crippen molar-refractivity contribution in [1.29, 1.82) is 0 Å². The van der Waals surface area contributed by atoms with Gasteiger partial charge >= 0.3 is 17.8 Å². The standard InChI is InChI=1S/C5H4F6/c6-3(7)1-2-4(8,9)5(3,10)11/h1-2H2. The molecule has 6 heteroatoms. The van der Waals surface area contributed by atoms with Gasteiger partial charge in [0.15, 0.2) is 0 Å². The number of alkyl halides is 6. The summed E-state index contributed by atoms with van der Waals surface area (Å²) in [5.41, 5.74) is 0. The molecule has 0 saturated heterocycles. The van der Waals surface area contributed by atoms with Crippen molar-refractivity contribution in [3.63, 3.8) is 0 Å². The molecule has 0 amide bonds. The summed E-state index contributed by atoms with van der Waals surface area (Å²) >= 11 is 0. The lowest BCUT2D eigenvalue weighted by molar-refractivity contribution is -0.270. The van der Waals surface area contributed by atoms with Crippen molar-refractivity contribution < 1.29 is 26.3 Å². The topological polar surface area (TPSA) is 0 Å². The summed E-state index contributed by atoms with van der Waals surface area (Å²) in [7, 11) is 0. The molecule has 0 aromatic rings. The molecule has 0 aromatic carbocycles. The van der Waals surface area contributed by atoms with Crippen LogP contribution < -0.4 is 0 Å². The molecule has 11 heavy (non-hydrogen) atoms. The van der Waals surface area contributed by atoms with E-state index < -0.39 is 30.6 Å². The predicted octanol–water partition coefficient (Wildman–Crippen LogP) is 2.69. The van der Waals surface area contributed by atoms with Crippen molar-refractivity contribution in [2.45, 2.75) is 30.6 Å². The first-order chi connectivity index (χ1) is 4.71. The first kappa shape index (κ1) is 8.67. The van der Waals surface area contributed by atoms with Crippen molar-refractivity contribution in [3.8, 4) is 0 Å². The van der Waals surface area contributed by atoms with E-state index >= 15 is 0 Å². The first-order valence-electron chi connectivity index (χ1n) is 2.84. The zero-order valence-electron chi connectivity index (χ0n) is 5.18. The molecule has 0 unspecified atom stereocenters. The fourth-order valence-corrected chi connectivity index (χ4v) is 0.896. The molecule has 1 saturated carbocycles. The second-order valence-electron chi connectivity index (χ2n) is 2.48. The van der Waals surface area contributed by atoms with Gasteiger partial charge in [-0.2, -0.15) is 26.3 Å². The van der Waals surface area contributed by atoms with Gasteiger partial charge in [0.25, 0.3) is 0 Å². The van der Waals surface area contributed by atoms with Gasteiger partial charge in [-0.1, -0.05) is 0 Å². The van der Waals surface area contributed by atoms with E-state index in [1.807, 2.05) is 0 Å². The SMILES string of the molecule is FC1(F)CCC(F)(F)C1(F)F. The fraction of sp³-hybridized carbons (Fsp3) is 1.00. The van der Waals surface area contributed by atoms with Gasteiger partial charge in [0.05, 0.1) is 0 Å². The maximum Gasteiger partial charge on any atom is 0.371 e. The van der Waals surface area contributed by atoms with Crippen LogP contribution in [0, 0.1) is 0 Å². The van der Waals surface area contributed by atoms with Crippen LogP contribution in [0.15, 0.2) is 0 Å². The first-order valence-corrected chi connectivity index (χ1v) is 2.84. The number of hydrogen-bond donors (Lipinski definition) is 0. The van der Waals surface area contributed by atoms with Crippen LogP contribution in [-0.2, 0) is 0 Å². The summed E-state index contributed by atoms with van der Waals surface area (Å²) in [4.78, 5) is 0. The van der Waals surface area contributed by atoms with Gasteiger partial charge in [-0.15, -0.1) is 0 Å². The van der Waals surface area contributed by atoms with Crippen molar-refractivity contribution >= 4 is 0 Å². The zero-order valence-corrected chi connectivity index (χ0v) is 5.18. The van der Waals surface area contributed by atoms with Gasteiger partial charge in [-0.3, -0.25) is 0 Å². The summed E-state index contributed by atoms with van der Waals surface area (Å²) in [5.74, 6) is -14.3. The van der Waals surface area contributed by atoms with Crippen LogP contribution in [0.3, 0.4) is 0 Å². The lowest BCUT2D eigenvalue weighted by atomic mass is 10.2. The molecule has 0 radical (unpaired) electrons. The summed E-state index contributed by atoms with van der Waals surface area (Å²) in [6, 6.07) is 0. The third-order valence-electron chi connectivity index (χ3n) is 1.67. The number of halogens is 6. The molecular formula is C5H4F6. The molecular weight excluding hydrogens is 174 g/mol. The Balaban J connectivity index is 3.00. The Morgan fingerprint density at radius 3 is 1.00 bits per heavy atom. The highest BCUT2D eigenvalue weighted by molar-refractivity contribution is 5.03. The van der Waals surface area contributed by atoms with E-state index in [9.17, 15) is 26.3 Å². The van der Waals surface area contributed by atoms with Gasteiger partial charge in [-0.25, -0.2) is 0 Å². The lowest BCUT2D eigenvalue weighted by Crippen LogP contribution is -2.46. The van der Waals surface area contributed by atoms with Gasteiger partial charge in [0.2, 0.25) is 0 Å². The Bertz CT molecular complexity index is 154. The Morgan fingerprint density at radius 1 is 0.636 bits per heavy atom. The molecule has 1 fully saturated rings. The Kier molecular flexibility index (Phi) is 1.45. The van der Waals surface area contributed by atoms with Crippen LogP contribution in [0.2, 0.25) is 0 Å². The molecule has 0 aliphatic heterocycles. The van der Waals surface area contributed by atoms with Crippen molar-refractivity contribution in [1.82, 2.24) is 0 Å². The molecule has 1 rings (SSSR count). The van der Waals surface area contributed by atoms with E-state index in [1.54, 1.807) is 0 Å². The molecule has 0 aromatic heterocycles. The number of rotatable bonds is 0. The quantitative estimate of drug-likeness (QED) is 0.500. The Labute approximate surface area is 58.2 Å². The van der Waals surface area contributed by atoms with Crippen molar-refractivity contribution in [3.05, 3.63) is 0 Å². The highest BCUT2D eigenvalue weighted by Crippen LogP contribution is 2.56. The Hall–Kier alpha value is -0.420. The monoisotopic (exact) mass is 178 g/mol. The van der Waals surface area contributed by atoms with E-state index in [2.05, 4.69) is 0 Å². The van der Waals surface area contributed by atoms with Crippen LogP contribution in [0.25, 0.3) is 0 Å². The molecule has 0 spiro atoms. The highest BCUT2D eigenvalue weighted by Gasteiger charge is 2.76. The van der Waals surface area contributed by atoms with E-state index in [0.29, 0.717) is 0 Å². The van der Waals surface area contributed by atoms with E-state index in [1.165, 1.54) is 0 Å². The maximum absolute atomic E-state index is 12.0. The molecule has 66 valence electrons. The molecule has 0 heterocycles. The summed E-state index contributed by atoms with van der Waals surface area (Å²) in [6.07, 6.45) is -2.90. The zero-order chi connectivity index (χ0) is 8.91. The van der Waals surface area contributed by atoms with E-state index in [0.717, 1.165) is 0 Å². The van der Waals surface area contributed by atoms with Crippen LogP contribution in [0.1, 0.15) is 12.8 Å². The van der Waals surface area contributed by atoms with Crippen LogP contribution in [0.4, 0.5) is 26.3 Å². The molecule has 1 aliphatic rings. The van der Waals surface area contributed by atoms with E-state index in [-0.39, 0.29) is 0 Å². The highest BCUT2D eigenvalue weighted by atomic mass is 19.3. The maximum atomic E-state index is 12.0. The third-order valence-corrected chi connectivity index (χ3v) is 1.67. The molecule has 0 N–H and O–H groups in total. The molecule has 0 bridgehead atoms. The van der Waals surface area contributed by atoms with Gasteiger partial charge in [0, 0.05) is 12.8 Å². The normalized spacial score (nSPS) is 32.2. The minimum absolute atomic E-state index is 1.45. The molecule has 0 atom stereocenters. The average molecular weight is 178 g/mol. The number of hydrogen-bond acceptors (Lipinski definition) is 0. The summed E-state index contributed by atoms with van der Waals surface area (Å²) in [6.45, 7) is 0. The lowest BCUT2D eigenvalue weighted by Gasteiger charge is -2.22. The second kappa shape index (κ2) is 1.84. The fourth-order valence-electron chi connectivity index (χ4n) is 0.896. The van der Waals surface area contributed by atoms with Crippen LogP contribution >= 0.6 is 0 Å². The predicted molar refractivity (Wildman–Crippen MR) is 24.1 cm³/mol. The Morgan fingerprint density at radius 2 is 0.909 bits per heavy atom. The van der Waals surface area contributed by atoms with Crippen LogP contribution in [-0.4, -0.2) is 17.8 Å². The van der Waals surface area contributed by atoms with Crippen LogP contribution in [0.5, 0.6) is 0 Å². The van der Waals surface area contributed by atoms with Gasteiger partial charge in [-0.05, 0) is 0 Å². The third kappa shape index (κ3) is 0.911. The molecule has 0 nitrogen and oxygen atoms in total. The summed E-state index contributed by atoms with van der Waals surface area (Å²) < 4.78 is 72.0. The van der Waals surface area contributed by atoms with Gasteiger partial charge < -0.3 is 0 Å². The molecule has 1 aliphatic carbocycles. The summed E-state index contributed by atoms with van der Waals surface area (Å²) in [5, 5.41) is 0. The second-order valence-corrected chi connectivity index (χ2v) is 2.48. The smallest absolute Gasteiger partial charge is 0.200 e. The minimum atomic E-state index is -5.18. The van der Waals surface area contributed by atoms with Crippen molar-refractivity contribution in [2.75, 3.05) is 0 Å². The van der Waals surface area contributed by atoms with Gasteiger partial charge in [0.1, 0.15) is 0 Å². The average Bonchev–Trinajstić information content (AvgIpc) is 1.93. The van der Waals surface area contributed by atoms with Crippen molar-refractivity contribution in [2.24, 2.45) is 0 Å². The largest absolute Gasteiger partial charge is 0.371 e. The van der Waals surface area contributed by atoms with E-state index in [4.69, 9.17) is 0 Å². The minimum Gasteiger partial charge on any atom is -0.200 e.